The molecule has 0 saturated carbocycles. The van der Waals surface area contributed by atoms with Gasteiger partial charge in [0.15, 0.2) is 0 Å². The van der Waals surface area contributed by atoms with Crippen molar-refractivity contribution in [2.45, 2.75) is 26.8 Å². The summed E-state index contributed by atoms with van der Waals surface area (Å²) in [7, 11) is 0. The van der Waals surface area contributed by atoms with Crippen LogP contribution in [0.4, 0.5) is 11.5 Å². The molecule has 0 fully saturated rings. The Morgan fingerprint density at radius 1 is 1.21 bits per heavy atom. The number of nitrogens with two attached hydrogens (primary N) is 1. The van der Waals surface area contributed by atoms with Crippen molar-refractivity contribution in [1.29, 1.82) is 0 Å². The van der Waals surface area contributed by atoms with Crippen molar-refractivity contribution >= 4 is 11.5 Å². The Labute approximate surface area is 115 Å². The third kappa shape index (κ3) is 3.12. The lowest BCUT2D eigenvalue weighted by molar-refractivity contribution is 0.813. The summed E-state index contributed by atoms with van der Waals surface area (Å²) >= 11 is 0. The molecule has 1 heterocycles. The summed E-state index contributed by atoms with van der Waals surface area (Å²) < 4.78 is 0. The van der Waals surface area contributed by atoms with Gasteiger partial charge in [-0.15, -0.1) is 0 Å². The average molecular weight is 255 g/mol. The molecule has 19 heavy (non-hydrogen) atoms. The summed E-state index contributed by atoms with van der Waals surface area (Å²) in [5, 5.41) is 0. The molecule has 0 amide bonds. The Bertz CT molecular complexity index is 532. The van der Waals surface area contributed by atoms with E-state index in [1.165, 1.54) is 5.56 Å². The standard InChI is InChI=1S/C16H21N3/c1-4-19(15-7-5-12(2)6-8-15)16-11-14(13(3)17)9-10-18-16/h5-11,13H,4,17H2,1-3H3/t13-/m0/s1. The van der Waals surface area contributed by atoms with Crippen molar-refractivity contribution in [2.75, 3.05) is 11.4 Å². The topological polar surface area (TPSA) is 42.1 Å². The van der Waals surface area contributed by atoms with E-state index in [9.17, 15) is 0 Å². The molecule has 2 N–H and O–H groups in total. The molecule has 0 aliphatic heterocycles. The maximum Gasteiger partial charge on any atom is 0.133 e. The Hall–Kier alpha value is -1.87. The van der Waals surface area contributed by atoms with Crippen LogP contribution in [-0.4, -0.2) is 11.5 Å². The van der Waals surface area contributed by atoms with Gasteiger partial charge in [-0.2, -0.15) is 0 Å². The molecule has 2 aromatic rings. The zero-order valence-electron chi connectivity index (χ0n) is 11.8. The summed E-state index contributed by atoms with van der Waals surface area (Å²) in [6, 6.07) is 12.5. The average Bonchev–Trinajstić information content (AvgIpc) is 2.42. The van der Waals surface area contributed by atoms with Gasteiger partial charge in [0.05, 0.1) is 0 Å². The summed E-state index contributed by atoms with van der Waals surface area (Å²) in [5.74, 6) is 0.946. The minimum atomic E-state index is 0.0264. The molecule has 0 aliphatic carbocycles. The van der Waals surface area contributed by atoms with Crippen LogP contribution in [0.15, 0.2) is 42.6 Å². The van der Waals surface area contributed by atoms with Crippen LogP contribution in [0, 0.1) is 6.92 Å². The second-order valence-corrected chi connectivity index (χ2v) is 4.82. The Kier molecular flexibility index (Phi) is 4.17. The largest absolute Gasteiger partial charge is 0.327 e. The maximum absolute atomic E-state index is 5.94. The highest BCUT2D eigenvalue weighted by atomic mass is 15.2. The highest BCUT2D eigenvalue weighted by Crippen LogP contribution is 2.25. The number of hydrogen-bond acceptors (Lipinski definition) is 3. The number of aromatic nitrogens is 1. The first-order valence-electron chi connectivity index (χ1n) is 6.67. The van der Waals surface area contributed by atoms with Crippen LogP contribution in [-0.2, 0) is 0 Å². The smallest absolute Gasteiger partial charge is 0.133 e. The zero-order chi connectivity index (χ0) is 13.8. The van der Waals surface area contributed by atoms with Crippen LogP contribution in [0.1, 0.15) is 31.0 Å². The number of aryl methyl sites for hydroxylation is 1. The van der Waals surface area contributed by atoms with Crippen molar-refractivity contribution in [2.24, 2.45) is 5.73 Å². The van der Waals surface area contributed by atoms with Gasteiger partial charge < -0.3 is 10.6 Å². The second-order valence-electron chi connectivity index (χ2n) is 4.82. The van der Waals surface area contributed by atoms with Gasteiger partial charge in [-0.05, 0) is 50.6 Å². The van der Waals surface area contributed by atoms with E-state index in [1.54, 1.807) is 0 Å². The summed E-state index contributed by atoms with van der Waals surface area (Å²) in [6.45, 7) is 7.08. The number of rotatable bonds is 4. The van der Waals surface area contributed by atoms with Gasteiger partial charge in [-0.1, -0.05) is 17.7 Å². The molecule has 0 bridgehead atoms. The first kappa shape index (κ1) is 13.6. The molecule has 1 aromatic carbocycles. The van der Waals surface area contributed by atoms with Crippen molar-refractivity contribution in [1.82, 2.24) is 4.98 Å². The third-order valence-corrected chi connectivity index (χ3v) is 3.23. The van der Waals surface area contributed by atoms with E-state index < -0.39 is 0 Å². The normalized spacial score (nSPS) is 12.2. The lowest BCUT2D eigenvalue weighted by atomic mass is 10.1. The van der Waals surface area contributed by atoms with Gasteiger partial charge in [0.25, 0.3) is 0 Å². The van der Waals surface area contributed by atoms with Gasteiger partial charge in [0.2, 0.25) is 0 Å². The molecule has 2 rings (SSSR count). The second kappa shape index (κ2) is 5.85. The molecule has 100 valence electrons. The molecule has 1 aromatic heterocycles. The highest BCUT2D eigenvalue weighted by molar-refractivity contribution is 5.60. The number of nitrogens with zero attached hydrogens (tertiary/aromatic N) is 2. The van der Waals surface area contributed by atoms with Gasteiger partial charge >= 0.3 is 0 Å². The molecular formula is C16H21N3. The minimum Gasteiger partial charge on any atom is -0.327 e. The summed E-state index contributed by atoms with van der Waals surface area (Å²) in [5.41, 5.74) is 9.46. The molecule has 0 saturated heterocycles. The predicted molar refractivity (Wildman–Crippen MR) is 80.7 cm³/mol. The van der Waals surface area contributed by atoms with Crippen LogP contribution in [0.5, 0.6) is 0 Å². The lowest BCUT2D eigenvalue weighted by Crippen LogP contribution is -2.18. The van der Waals surface area contributed by atoms with E-state index in [0.717, 1.165) is 23.6 Å². The fraction of sp³-hybridized carbons (Fsp3) is 0.312. The summed E-state index contributed by atoms with van der Waals surface area (Å²) in [6.07, 6.45) is 1.82. The van der Waals surface area contributed by atoms with Crippen LogP contribution >= 0.6 is 0 Å². The van der Waals surface area contributed by atoms with Crippen molar-refractivity contribution in [3.63, 3.8) is 0 Å². The van der Waals surface area contributed by atoms with Crippen molar-refractivity contribution in [3.05, 3.63) is 53.7 Å². The molecule has 1 atom stereocenters. The van der Waals surface area contributed by atoms with Crippen LogP contribution in [0.25, 0.3) is 0 Å². The number of benzene rings is 1. The van der Waals surface area contributed by atoms with E-state index in [0.29, 0.717) is 0 Å². The minimum absolute atomic E-state index is 0.0264. The molecule has 0 unspecified atom stereocenters. The monoisotopic (exact) mass is 255 g/mol. The van der Waals surface area contributed by atoms with E-state index in [-0.39, 0.29) is 6.04 Å². The van der Waals surface area contributed by atoms with E-state index in [1.807, 2.05) is 19.2 Å². The number of anilines is 2. The van der Waals surface area contributed by atoms with Gasteiger partial charge in [-0.3, -0.25) is 0 Å². The highest BCUT2D eigenvalue weighted by Gasteiger charge is 2.10. The van der Waals surface area contributed by atoms with Gasteiger partial charge in [-0.25, -0.2) is 4.98 Å². The molecule has 0 radical (unpaired) electrons. The molecule has 3 nitrogen and oxygen atoms in total. The van der Waals surface area contributed by atoms with Gasteiger partial charge in [0, 0.05) is 24.5 Å². The Morgan fingerprint density at radius 2 is 1.89 bits per heavy atom. The third-order valence-electron chi connectivity index (χ3n) is 3.23. The van der Waals surface area contributed by atoms with Crippen LogP contribution in [0.2, 0.25) is 0 Å². The molecule has 0 spiro atoms. The zero-order valence-corrected chi connectivity index (χ0v) is 11.8. The maximum atomic E-state index is 5.94. The SMILES string of the molecule is CCN(c1ccc(C)cc1)c1cc([C@H](C)N)ccn1. The van der Waals surface area contributed by atoms with Crippen molar-refractivity contribution < 1.29 is 0 Å². The fourth-order valence-electron chi connectivity index (χ4n) is 2.07. The number of hydrogen-bond donors (Lipinski definition) is 1. The summed E-state index contributed by atoms with van der Waals surface area (Å²) in [4.78, 5) is 6.65. The van der Waals surface area contributed by atoms with Crippen LogP contribution < -0.4 is 10.6 Å². The van der Waals surface area contributed by atoms with E-state index in [2.05, 4.69) is 54.1 Å². The van der Waals surface area contributed by atoms with Gasteiger partial charge in [0.1, 0.15) is 5.82 Å². The van der Waals surface area contributed by atoms with Crippen molar-refractivity contribution in [3.8, 4) is 0 Å². The van der Waals surface area contributed by atoms with E-state index in [4.69, 9.17) is 5.73 Å². The first-order chi connectivity index (χ1) is 9.11. The quantitative estimate of drug-likeness (QED) is 0.908. The first-order valence-corrected chi connectivity index (χ1v) is 6.67. The number of pyridine rings is 1. The van der Waals surface area contributed by atoms with E-state index >= 15 is 0 Å². The lowest BCUT2D eigenvalue weighted by Gasteiger charge is -2.23. The Morgan fingerprint density at radius 3 is 2.47 bits per heavy atom. The predicted octanol–water partition coefficient (Wildman–Crippen LogP) is 3.57. The Balaban J connectivity index is 2.36. The molecule has 3 heteroatoms. The fourth-order valence-corrected chi connectivity index (χ4v) is 2.07. The molecular weight excluding hydrogens is 234 g/mol. The molecule has 0 aliphatic rings. The van der Waals surface area contributed by atoms with Crippen LogP contribution in [0.3, 0.4) is 0 Å².